The molecule has 12 heavy (non-hydrogen) atoms. The Morgan fingerprint density at radius 1 is 1.58 bits per heavy atom. The lowest BCUT2D eigenvalue weighted by Crippen LogP contribution is -2.29. The number of ether oxygens (including phenoxy) is 1. The zero-order valence-electron chi connectivity index (χ0n) is 11.8. The molecular weight excluding hydrogens is 223 g/mol. The van der Waals surface area contributed by atoms with Gasteiger partial charge in [-0.3, -0.25) is 0 Å². The van der Waals surface area contributed by atoms with Crippen LogP contribution in [0.25, 0.3) is 0 Å². The van der Waals surface area contributed by atoms with Crippen LogP contribution in [-0.4, -0.2) is 24.2 Å². The zero-order valence-corrected chi connectivity index (χ0v) is 7.34. The first-order chi connectivity index (χ1) is 8.06. The highest BCUT2D eigenvalue weighted by Crippen LogP contribution is 2.15. The Morgan fingerprint density at radius 3 is 2.92 bits per heavy atom. The average molecular weight is 237 g/mol. The van der Waals surface area contributed by atoms with Crippen molar-refractivity contribution in [3.8, 4) is 5.75 Å². The number of hydrogen-bond acceptors (Lipinski definition) is 3. The Balaban J connectivity index is 3.52. The molecule has 0 amide bonds. The van der Waals surface area contributed by atoms with E-state index in [-0.39, 0.29) is 4.47 Å². The second kappa shape index (κ2) is 3.93. The standard InChI is InChI=1S/C7H8BBrO3/c1-12-7-3-5(8(10)11)2-6(9)4-7/h2-4,10-11H,1H3/i1D3,2D,3D,4D. The Bertz CT molecular complexity index is 477. The molecule has 1 rings (SSSR count). The molecule has 0 unspecified atom stereocenters. The van der Waals surface area contributed by atoms with Gasteiger partial charge in [-0.15, -0.1) is 0 Å². The van der Waals surface area contributed by atoms with Gasteiger partial charge in [-0.25, -0.2) is 0 Å². The minimum atomic E-state index is -2.88. The van der Waals surface area contributed by atoms with Crippen molar-refractivity contribution in [2.24, 2.45) is 0 Å². The van der Waals surface area contributed by atoms with Crippen molar-refractivity contribution in [1.82, 2.24) is 0 Å². The molecule has 0 radical (unpaired) electrons. The van der Waals surface area contributed by atoms with E-state index in [2.05, 4.69) is 20.7 Å². The highest BCUT2D eigenvalue weighted by molar-refractivity contribution is 9.10. The number of hydrogen-bond donors (Lipinski definition) is 2. The molecule has 0 fully saturated rings. The van der Waals surface area contributed by atoms with E-state index in [4.69, 9.17) is 18.3 Å². The van der Waals surface area contributed by atoms with Crippen molar-refractivity contribution in [2.75, 3.05) is 7.04 Å². The Labute approximate surface area is 87.7 Å². The molecule has 64 valence electrons. The van der Waals surface area contributed by atoms with E-state index in [1.54, 1.807) is 0 Å². The molecule has 3 nitrogen and oxygen atoms in total. The third-order valence-corrected chi connectivity index (χ3v) is 1.47. The Kier molecular flexibility index (Phi) is 1.35. The van der Waals surface area contributed by atoms with Crippen LogP contribution in [0.5, 0.6) is 5.75 Å². The van der Waals surface area contributed by atoms with Crippen LogP contribution in [0.4, 0.5) is 0 Å². The number of rotatable bonds is 2. The van der Waals surface area contributed by atoms with Crippen molar-refractivity contribution in [3.63, 3.8) is 0 Å². The SMILES string of the molecule is [2H]c1c(Br)c([2H])c(B(O)O)c([2H])c1OC([2H])([2H])[2H]. The average Bonchev–Trinajstić information content (AvgIpc) is 2.20. The summed E-state index contributed by atoms with van der Waals surface area (Å²) in [6.07, 6.45) is 0. The van der Waals surface area contributed by atoms with Crippen LogP contribution in [0.2, 0.25) is 0 Å². The maximum atomic E-state index is 9.06. The van der Waals surface area contributed by atoms with Gasteiger partial charge in [-0.2, -0.15) is 0 Å². The molecule has 0 aliphatic rings. The lowest BCUT2D eigenvalue weighted by atomic mass is 9.80. The summed E-state index contributed by atoms with van der Waals surface area (Å²) in [5.41, 5.74) is -0.530. The molecule has 2 N–H and O–H groups in total. The van der Waals surface area contributed by atoms with Gasteiger partial charge in [0.15, 0.2) is 0 Å². The fourth-order valence-electron chi connectivity index (χ4n) is 0.614. The summed E-state index contributed by atoms with van der Waals surface area (Å²) in [6.45, 7) is 0. The first-order valence-electron chi connectivity index (χ1n) is 5.90. The molecule has 0 aliphatic carbocycles. The third kappa shape index (κ3) is 2.23. The molecule has 0 saturated carbocycles. The largest absolute Gasteiger partial charge is 0.497 e. The highest BCUT2D eigenvalue weighted by atomic mass is 79.9. The lowest BCUT2D eigenvalue weighted by molar-refractivity contribution is 0.411. The fraction of sp³-hybridized carbons (Fsp3) is 0.143. The second-order valence-corrected chi connectivity index (χ2v) is 2.70. The van der Waals surface area contributed by atoms with Crippen molar-refractivity contribution in [3.05, 3.63) is 22.6 Å². The lowest BCUT2D eigenvalue weighted by Gasteiger charge is -2.04. The number of methoxy groups -OCH3 is 1. The Hall–Kier alpha value is -0.515. The fourth-order valence-corrected chi connectivity index (χ4v) is 1.01. The number of halogens is 1. The van der Waals surface area contributed by atoms with Crippen molar-refractivity contribution >= 4 is 28.5 Å². The van der Waals surface area contributed by atoms with Gasteiger partial charge >= 0.3 is 7.12 Å². The summed E-state index contributed by atoms with van der Waals surface area (Å²) in [4.78, 5) is 0. The van der Waals surface area contributed by atoms with E-state index in [1.165, 1.54) is 0 Å². The normalized spacial score (nSPS) is 17.9. The van der Waals surface area contributed by atoms with Gasteiger partial charge in [0, 0.05) is 4.47 Å². The van der Waals surface area contributed by atoms with Crippen LogP contribution >= 0.6 is 15.9 Å². The summed E-state index contributed by atoms with van der Waals surface area (Å²) < 4.78 is 47.7. The van der Waals surface area contributed by atoms with E-state index < -0.39 is 43.5 Å². The monoisotopic (exact) mass is 236 g/mol. The molecule has 0 aromatic heterocycles. The van der Waals surface area contributed by atoms with Crippen LogP contribution < -0.4 is 10.2 Å². The van der Waals surface area contributed by atoms with Crippen LogP contribution in [-0.2, 0) is 0 Å². The predicted octanol–water partition coefficient (Wildman–Crippen LogP) is 0.137. The van der Waals surface area contributed by atoms with Crippen molar-refractivity contribution < 1.29 is 23.0 Å². The van der Waals surface area contributed by atoms with Gasteiger partial charge in [0.2, 0.25) is 0 Å². The number of benzene rings is 1. The Morgan fingerprint density at radius 2 is 2.33 bits per heavy atom. The quantitative estimate of drug-likeness (QED) is 0.719. The summed E-state index contributed by atoms with van der Waals surface area (Å²) in [7, 11) is -5.02. The molecule has 0 bridgehead atoms. The van der Waals surface area contributed by atoms with Crippen LogP contribution in [0.1, 0.15) is 8.22 Å². The van der Waals surface area contributed by atoms with Crippen molar-refractivity contribution in [1.29, 1.82) is 0 Å². The second-order valence-electron chi connectivity index (χ2n) is 1.91. The molecule has 0 saturated heterocycles. The minimum Gasteiger partial charge on any atom is -0.497 e. The topological polar surface area (TPSA) is 49.7 Å². The maximum absolute atomic E-state index is 9.06. The highest BCUT2D eigenvalue weighted by Gasteiger charge is 2.12. The molecule has 1 aromatic carbocycles. The van der Waals surface area contributed by atoms with E-state index in [1.807, 2.05) is 0 Å². The molecule has 5 heteroatoms. The maximum Gasteiger partial charge on any atom is 0.488 e. The van der Waals surface area contributed by atoms with E-state index in [0.29, 0.717) is 0 Å². The van der Waals surface area contributed by atoms with Crippen LogP contribution in [0.15, 0.2) is 22.6 Å². The summed E-state index contributed by atoms with van der Waals surface area (Å²) >= 11 is 2.85. The molecule has 0 aliphatic heterocycles. The first-order valence-corrected chi connectivity index (χ1v) is 3.70. The van der Waals surface area contributed by atoms with E-state index >= 15 is 0 Å². The third-order valence-electron chi connectivity index (χ3n) is 1.08. The molecule has 0 spiro atoms. The van der Waals surface area contributed by atoms with Gasteiger partial charge in [0.25, 0.3) is 0 Å². The first kappa shape index (κ1) is 4.13. The van der Waals surface area contributed by atoms with Crippen LogP contribution in [0.3, 0.4) is 0 Å². The van der Waals surface area contributed by atoms with Crippen molar-refractivity contribution in [2.45, 2.75) is 0 Å². The molecule has 0 heterocycles. The summed E-state index contributed by atoms with van der Waals surface area (Å²) in [6, 6.07) is -1.69. The van der Waals surface area contributed by atoms with E-state index in [9.17, 15) is 0 Å². The van der Waals surface area contributed by atoms with Gasteiger partial charge < -0.3 is 14.8 Å². The molecular formula is C7H8BBrO3. The van der Waals surface area contributed by atoms with Gasteiger partial charge in [0.05, 0.1) is 15.3 Å². The van der Waals surface area contributed by atoms with Gasteiger partial charge in [0.1, 0.15) is 5.75 Å². The minimum absolute atomic E-state index is 0.180. The van der Waals surface area contributed by atoms with E-state index in [0.717, 1.165) is 0 Å². The molecule has 1 aromatic rings. The predicted molar refractivity (Wildman–Crippen MR) is 50.5 cm³/mol. The zero-order chi connectivity index (χ0) is 14.2. The van der Waals surface area contributed by atoms with Crippen LogP contribution in [0, 0.1) is 0 Å². The molecule has 0 atom stereocenters. The van der Waals surface area contributed by atoms with Gasteiger partial charge in [-0.05, 0) is 23.6 Å². The summed E-state index contributed by atoms with van der Waals surface area (Å²) in [5.74, 6) is -0.638. The smallest absolute Gasteiger partial charge is 0.488 e. The van der Waals surface area contributed by atoms with Gasteiger partial charge in [-0.1, -0.05) is 15.9 Å². The summed E-state index contributed by atoms with van der Waals surface area (Å²) in [5, 5.41) is 18.1.